The Hall–Kier alpha value is -0.820. The van der Waals surface area contributed by atoms with Gasteiger partial charge in [0, 0.05) is 6.04 Å². The van der Waals surface area contributed by atoms with E-state index in [1.807, 2.05) is 0 Å². The fourth-order valence-corrected chi connectivity index (χ4v) is 4.18. The van der Waals surface area contributed by atoms with Crippen LogP contribution in [0.5, 0.6) is 0 Å². The van der Waals surface area contributed by atoms with Crippen molar-refractivity contribution >= 4 is 0 Å². The van der Waals surface area contributed by atoms with Crippen molar-refractivity contribution in [3.05, 3.63) is 35.4 Å². The molecule has 2 aliphatic carbocycles. The molecular formula is C19H29N. The summed E-state index contributed by atoms with van der Waals surface area (Å²) in [6.45, 7) is 2.42. The fourth-order valence-electron chi connectivity index (χ4n) is 4.18. The number of hydrogen-bond donors (Lipinski definition) is 1. The molecule has 3 rings (SSSR count). The Kier molecular flexibility index (Phi) is 4.45. The molecule has 0 spiro atoms. The number of nitrogens with one attached hydrogen (secondary N) is 1. The molecule has 0 amide bonds. The van der Waals surface area contributed by atoms with Crippen molar-refractivity contribution in [3.63, 3.8) is 0 Å². The standard InChI is InChI=1S/C19H29N/c1-14-5-3-8-18(13-14)19(20-2)17-11-9-16(10-12-17)15-6-4-7-15/h9-12,14-15,18-20H,3-8,13H2,1-2H3. The van der Waals surface area contributed by atoms with Gasteiger partial charge >= 0.3 is 0 Å². The lowest BCUT2D eigenvalue weighted by Gasteiger charge is -2.34. The van der Waals surface area contributed by atoms with Gasteiger partial charge in [-0.1, -0.05) is 50.5 Å². The Labute approximate surface area is 124 Å². The fraction of sp³-hybridized carbons (Fsp3) is 0.684. The molecule has 2 fully saturated rings. The summed E-state index contributed by atoms with van der Waals surface area (Å²) >= 11 is 0. The predicted molar refractivity (Wildman–Crippen MR) is 86.0 cm³/mol. The first-order valence-electron chi connectivity index (χ1n) is 8.55. The van der Waals surface area contributed by atoms with E-state index in [1.165, 1.54) is 50.5 Å². The lowest BCUT2D eigenvalue weighted by molar-refractivity contribution is 0.230. The molecule has 1 nitrogen and oxygen atoms in total. The van der Waals surface area contributed by atoms with Crippen molar-refractivity contribution in [2.45, 2.75) is 63.8 Å². The molecule has 0 saturated heterocycles. The Balaban J connectivity index is 1.71. The van der Waals surface area contributed by atoms with Crippen molar-refractivity contribution < 1.29 is 0 Å². The highest BCUT2D eigenvalue weighted by Crippen LogP contribution is 2.39. The van der Waals surface area contributed by atoms with Crippen molar-refractivity contribution in [1.29, 1.82) is 0 Å². The largest absolute Gasteiger partial charge is 0.313 e. The number of benzene rings is 1. The van der Waals surface area contributed by atoms with E-state index < -0.39 is 0 Å². The van der Waals surface area contributed by atoms with Gasteiger partial charge in [-0.25, -0.2) is 0 Å². The second kappa shape index (κ2) is 6.30. The zero-order valence-electron chi connectivity index (χ0n) is 13.1. The molecule has 0 radical (unpaired) electrons. The molecule has 0 bridgehead atoms. The summed E-state index contributed by atoms with van der Waals surface area (Å²) in [4.78, 5) is 0. The molecule has 3 atom stereocenters. The van der Waals surface area contributed by atoms with Crippen molar-refractivity contribution in [1.82, 2.24) is 5.32 Å². The summed E-state index contributed by atoms with van der Waals surface area (Å²) in [5.74, 6) is 2.57. The minimum absolute atomic E-state index is 0.549. The third-order valence-corrected chi connectivity index (χ3v) is 5.63. The molecule has 1 heteroatoms. The highest BCUT2D eigenvalue weighted by molar-refractivity contribution is 5.29. The van der Waals surface area contributed by atoms with Gasteiger partial charge in [-0.2, -0.15) is 0 Å². The third-order valence-electron chi connectivity index (χ3n) is 5.63. The summed E-state index contributed by atoms with van der Waals surface area (Å²) in [6, 6.07) is 10.1. The first-order chi connectivity index (χ1) is 9.78. The van der Waals surface area contributed by atoms with Crippen LogP contribution >= 0.6 is 0 Å². The van der Waals surface area contributed by atoms with Gasteiger partial charge in [-0.3, -0.25) is 0 Å². The highest BCUT2D eigenvalue weighted by atomic mass is 14.9. The van der Waals surface area contributed by atoms with E-state index in [0.717, 1.165) is 17.8 Å². The molecule has 0 heterocycles. The quantitative estimate of drug-likeness (QED) is 0.809. The van der Waals surface area contributed by atoms with Crippen LogP contribution in [0.1, 0.15) is 75.0 Å². The molecular weight excluding hydrogens is 242 g/mol. The molecule has 1 aromatic rings. The van der Waals surface area contributed by atoms with Gasteiger partial charge in [-0.05, 0) is 61.6 Å². The molecule has 2 saturated carbocycles. The molecule has 1 aromatic carbocycles. The summed E-state index contributed by atoms with van der Waals surface area (Å²) < 4.78 is 0. The van der Waals surface area contributed by atoms with Crippen LogP contribution in [0.15, 0.2) is 24.3 Å². The summed E-state index contributed by atoms with van der Waals surface area (Å²) in [5.41, 5.74) is 3.06. The van der Waals surface area contributed by atoms with Gasteiger partial charge < -0.3 is 5.32 Å². The van der Waals surface area contributed by atoms with E-state index in [2.05, 4.69) is 43.6 Å². The number of rotatable bonds is 4. The molecule has 1 N–H and O–H groups in total. The van der Waals surface area contributed by atoms with E-state index in [0.29, 0.717) is 6.04 Å². The molecule has 2 aliphatic rings. The molecule has 20 heavy (non-hydrogen) atoms. The minimum atomic E-state index is 0.549. The number of hydrogen-bond acceptors (Lipinski definition) is 1. The smallest absolute Gasteiger partial charge is 0.0346 e. The normalized spacial score (nSPS) is 28.9. The van der Waals surface area contributed by atoms with Crippen LogP contribution in [-0.2, 0) is 0 Å². The molecule has 110 valence electrons. The maximum absolute atomic E-state index is 3.59. The van der Waals surface area contributed by atoms with E-state index in [9.17, 15) is 0 Å². The zero-order valence-corrected chi connectivity index (χ0v) is 13.1. The Bertz CT molecular complexity index is 418. The topological polar surface area (TPSA) is 12.0 Å². The second-order valence-corrected chi connectivity index (χ2v) is 7.09. The van der Waals surface area contributed by atoms with Crippen LogP contribution in [0.25, 0.3) is 0 Å². The van der Waals surface area contributed by atoms with Crippen LogP contribution in [0.2, 0.25) is 0 Å². The van der Waals surface area contributed by atoms with Gasteiger partial charge in [-0.15, -0.1) is 0 Å². The summed E-state index contributed by atoms with van der Waals surface area (Å²) in [7, 11) is 2.13. The first kappa shape index (κ1) is 14.1. The predicted octanol–water partition coefficient (Wildman–Crippen LogP) is 5.04. The van der Waals surface area contributed by atoms with E-state index in [-0.39, 0.29) is 0 Å². The molecule has 3 unspecified atom stereocenters. The van der Waals surface area contributed by atoms with Gasteiger partial charge in [0.25, 0.3) is 0 Å². The molecule has 0 aromatic heterocycles. The lowest BCUT2D eigenvalue weighted by atomic mass is 9.76. The second-order valence-electron chi connectivity index (χ2n) is 7.09. The van der Waals surface area contributed by atoms with Crippen LogP contribution in [0, 0.1) is 11.8 Å². The van der Waals surface area contributed by atoms with Crippen molar-refractivity contribution in [3.8, 4) is 0 Å². The average Bonchev–Trinajstić information content (AvgIpc) is 2.40. The minimum Gasteiger partial charge on any atom is -0.313 e. The third kappa shape index (κ3) is 2.93. The van der Waals surface area contributed by atoms with Crippen LogP contribution in [0.3, 0.4) is 0 Å². The van der Waals surface area contributed by atoms with Crippen LogP contribution in [-0.4, -0.2) is 7.05 Å². The lowest BCUT2D eigenvalue weighted by Crippen LogP contribution is -2.29. The maximum atomic E-state index is 3.59. The van der Waals surface area contributed by atoms with Crippen LogP contribution < -0.4 is 5.32 Å². The van der Waals surface area contributed by atoms with Gasteiger partial charge in [0.05, 0.1) is 0 Å². The zero-order chi connectivity index (χ0) is 13.9. The van der Waals surface area contributed by atoms with Crippen molar-refractivity contribution in [2.24, 2.45) is 11.8 Å². The molecule has 0 aliphatic heterocycles. The van der Waals surface area contributed by atoms with E-state index >= 15 is 0 Å². The Morgan fingerprint density at radius 3 is 2.25 bits per heavy atom. The van der Waals surface area contributed by atoms with Gasteiger partial charge in [0.1, 0.15) is 0 Å². The highest BCUT2D eigenvalue weighted by Gasteiger charge is 2.27. The van der Waals surface area contributed by atoms with Crippen LogP contribution in [0.4, 0.5) is 0 Å². The summed E-state index contributed by atoms with van der Waals surface area (Å²) in [6.07, 6.45) is 9.82. The Morgan fingerprint density at radius 2 is 1.70 bits per heavy atom. The Morgan fingerprint density at radius 1 is 1.00 bits per heavy atom. The SMILES string of the molecule is CNC(c1ccc(C2CCC2)cc1)C1CCCC(C)C1. The van der Waals surface area contributed by atoms with Gasteiger partial charge in [0.2, 0.25) is 0 Å². The first-order valence-corrected chi connectivity index (χ1v) is 8.55. The van der Waals surface area contributed by atoms with E-state index in [4.69, 9.17) is 0 Å². The maximum Gasteiger partial charge on any atom is 0.0346 e. The monoisotopic (exact) mass is 271 g/mol. The van der Waals surface area contributed by atoms with Crippen molar-refractivity contribution in [2.75, 3.05) is 7.05 Å². The summed E-state index contributed by atoms with van der Waals surface area (Å²) in [5, 5.41) is 3.59. The van der Waals surface area contributed by atoms with E-state index in [1.54, 1.807) is 5.56 Å². The average molecular weight is 271 g/mol. The van der Waals surface area contributed by atoms with Gasteiger partial charge in [0.15, 0.2) is 0 Å².